The van der Waals surface area contributed by atoms with Gasteiger partial charge >= 0.3 is 5.97 Å². The van der Waals surface area contributed by atoms with Gasteiger partial charge in [0.05, 0.1) is 11.1 Å². The Balaban J connectivity index is 2.50. The molecule has 1 aromatic heterocycles. The molecule has 4 heteroatoms. The summed E-state index contributed by atoms with van der Waals surface area (Å²) >= 11 is 1.53. The largest absolute Gasteiger partial charge is 0.478 e. The average Bonchev–Trinajstić information content (AvgIpc) is 2.37. The first kappa shape index (κ1) is 13.9. The number of carboxylic acid groups (broad SMARTS) is 1. The maximum absolute atomic E-state index is 11.4. The predicted molar refractivity (Wildman–Crippen MR) is 78.9 cm³/mol. The van der Waals surface area contributed by atoms with Crippen LogP contribution in [0.4, 0.5) is 0 Å². The van der Waals surface area contributed by atoms with E-state index in [1.165, 1.54) is 11.8 Å². The van der Waals surface area contributed by atoms with E-state index in [-0.39, 0.29) is 5.56 Å². The van der Waals surface area contributed by atoms with Crippen molar-refractivity contribution in [2.24, 2.45) is 5.92 Å². The van der Waals surface area contributed by atoms with Gasteiger partial charge in [-0.25, -0.2) is 9.78 Å². The van der Waals surface area contributed by atoms with E-state index < -0.39 is 5.97 Å². The van der Waals surface area contributed by atoms with Crippen molar-refractivity contribution >= 4 is 28.6 Å². The van der Waals surface area contributed by atoms with E-state index in [1.54, 1.807) is 6.07 Å². The number of carbonyl (C=O) groups is 1. The first-order valence-electron chi connectivity index (χ1n) is 6.28. The smallest absolute Gasteiger partial charge is 0.338 e. The zero-order valence-electron chi connectivity index (χ0n) is 11.3. The van der Waals surface area contributed by atoms with Crippen LogP contribution in [0.1, 0.15) is 31.1 Å². The maximum atomic E-state index is 11.4. The Morgan fingerprint density at radius 2 is 1.95 bits per heavy atom. The second-order valence-electron chi connectivity index (χ2n) is 4.91. The number of carboxylic acids is 1. The van der Waals surface area contributed by atoms with Crippen molar-refractivity contribution < 1.29 is 9.90 Å². The van der Waals surface area contributed by atoms with Crippen LogP contribution < -0.4 is 0 Å². The molecule has 1 heterocycles. The van der Waals surface area contributed by atoms with Crippen LogP contribution in [0.3, 0.4) is 0 Å². The molecule has 0 spiro atoms. The third kappa shape index (κ3) is 3.07. The number of rotatable bonds is 4. The molecule has 0 saturated heterocycles. The Morgan fingerprint density at radius 3 is 2.58 bits per heavy atom. The van der Waals surface area contributed by atoms with Crippen molar-refractivity contribution in [3.8, 4) is 0 Å². The van der Waals surface area contributed by atoms with Crippen molar-refractivity contribution in [1.82, 2.24) is 4.98 Å². The molecule has 2 aromatic rings. The van der Waals surface area contributed by atoms with Gasteiger partial charge in [0.2, 0.25) is 0 Å². The highest BCUT2D eigenvalue weighted by Crippen LogP contribution is 2.31. The molecule has 2 rings (SSSR count). The van der Waals surface area contributed by atoms with Crippen LogP contribution in [0.2, 0.25) is 0 Å². The monoisotopic (exact) mass is 275 g/mol. The molecule has 0 bridgehead atoms. The number of para-hydroxylation sites is 1. The summed E-state index contributed by atoms with van der Waals surface area (Å²) in [7, 11) is 0. The summed E-state index contributed by atoms with van der Waals surface area (Å²) in [5.74, 6) is -0.448. The van der Waals surface area contributed by atoms with E-state index in [1.807, 2.05) is 24.3 Å². The van der Waals surface area contributed by atoms with Crippen molar-refractivity contribution in [2.75, 3.05) is 0 Å². The van der Waals surface area contributed by atoms with Crippen molar-refractivity contribution in [2.45, 2.75) is 31.0 Å². The third-order valence-electron chi connectivity index (χ3n) is 3.16. The van der Waals surface area contributed by atoms with Gasteiger partial charge in [-0.3, -0.25) is 0 Å². The molecule has 0 saturated carbocycles. The number of benzene rings is 1. The fraction of sp³-hybridized carbons (Fsp3) is 0.333. The van der Waals surface area contributed by atoms with E-state index in [0.29, 0.717) is 16.2 Å². The van der Waals surface area contributed by atoms with E-state index >= 15 is 0 Å². The van der Waals surface area contributed by atoms with Gasteiger partial charge in [0.15, 0.2) is 0 Å². The number of hydrogen-bond acceptors (Lipinski definition) is 3. The van der Waals surface area contributed by atoms with Crippen LogP contribution in [0.15, 0.2) is 35.4 Å². The molecule has 1 unspecified atom stereocenters. The van der Waals surface area contributed by atoms with Gasteiger partial charge in [-0.15, -0.1) is 11.8 Å². The van der Waals surface area contributed by atoms with E-state index in [2.05, 4.69) is 25.8 Å². The molecule has 0 aliphatic heterocycles. The summed E-state index contributed by atoms with van der Waals surface area (Å²) in [4.78, 5) is 15.9. The van der Waals surface area contributed by atoms with Crippen LogP contribution in [-0.4, -0.2) is 21.3 Å². The normalized spacial score (nSPS) is 12.8. The SMILES string of the molecule is CC(C)C(C)Sc1nc2ccccc2cc1C(=O)O. The number of aromatic nitrogens is 1. The van der Waals surface area contributed by atoms with E-state index in [4.69, 9.17) is 0 Å². The molecule has 0 aliphatic carbocycles. The molecule has 0 fully saturated rings. The van der Waals surface area contributed by atoms with Gasteiger partial charge < -0.3 is 5.11 Å². The van der Waals surface area contributed by atoms with Crippen LogP contribution in [0.5, 0.6) is 0 Å². The lowest BCUT2D eigenvalue weighted by atomic mass is 10.1. The fourth-order valence-corrected chi connectivity index (χ4v) is 2.70. The topological polar surface area (TPSA) is 50.2 Å². The molecule has 1 atom stereocenters. The summed E-state index contributed by atoms with van der Waals surface area (Å²) in [6.45, 7) is 6.34. The molecule has 0 aliphatic rings. The summed E-state index contributed by atoms with van der Waals surface area (Å²) in [5, 5.41) is 11.1. The van der Waals surface area contributed by atoms with Crippen LogP contribution in [-0.2, 0) is 0 Å². The quantitative estimate of drug-likeness (QED) is 0.854. The lowest BCUT2D eigenvalue weighted by molar-refractivity contribution is 0.0692. The van der Waals surface area contributed by atoms with E-state index in [9.17, 15) is 9.90 Å². The highest BCUT2D eigenvalue weighted by atomic mass is 32.2. The lowest BCUT2D eigenvalue weighted by Crippen LogP contribution is -2.09. The Kier molecular flexibility index (Phi) is 4.10. The number of fused-ring (bicyclic) bond motifs is 1. The number of nitrogens with zero attached hydrogens (tertiary/aromatic N) is 1. The zero-order chi connectivity index (χ0) is 14.0. The Morgan fingerprint density at radius 1 is 1.26 bits per heavy atom. The summed E-state index contributed by atoms with van der Waals surface area (Å²) in [5.41, 5.74) is 1.13. The molecule has 1 aromatic carbocycles. The number of aromatic carboxylic acids is 1. The fourth-order valence-electron chi connectivity index (χ4n) is 1.65. The van der Waals surface area contributed by atoms with Crippen LogP contribution >= 0.6 is 11.8 Å². The lowest BCUT2D eigenvalue weighted by Gasteiger charge is -2.16. The Labute approximate surface area is 117 Å². The minimum atomic E-state index is -0.920. The van der Waals surface area contributed by atoms with Crippen molar-refractivity contribution in [3.63, 3.8) is 0 Å². The van der Waals surface area contributed by atoms with Gasteiger partial charge in [0.1, 0.15) is 5.03 Å². The number of pyridine rings is 1. The highest BCUT2D eigenvalue weighted by molar-refractivity contribution is 7.99. The second-order valence-corrected chi connectivity index (χ2v) is 6.27. The van der Waals surface area contributed by atoms with E-state index in [0.717, 1.165) is 10.9 Å². The molecule has 3 nitrogen and oxygen atoms in total. The standard InChI is InChI=1S/C15H17NO2S/c1-9(2)10(3)19-14-12(15(17)18)8-11-6-4-5-7-13(11)16-14/h4-10H,1-3H3,(H,17,18). The molecular formula is C15H17NO2S. The molecule has 19 heavy (non-hydrogen) atoms. The zero-order valence-corrected chi connectivity index (χ0v) is 12.1. The molecule has 100 valence electrons. The van der Waals surface area contributed by atoms with Gasteiger partial charge in [-0.1, -0.05) is 39.0 Å². The number of thioether (sulfide) groups is 1. The first-order chi connectivity index (χ1) is 8.99. The molecule has 0 radical (unpaired) electrons. The minimum Gasteiger partial charge on any atom is -0.478 e. The van der Waals surface area contributed by atoms with Gasteiger partial charge in [0.25, 0.3) is 0 Å². The third-order valence-corrected chi connectivity index (χ3v) is 4.61. The van der Waals surface area contributed by atoms with Crippen LogP contribution in [0.25, 0.3) is 10.9 Å². The average molecular weight is 275 g/mol. The number of hydrogen-bond donors (Lipinski definition) is 1. The van der Waals surface area contributed by atoms with Gasteiger partial charge in [-0.2, -0.15) is 0 Å². The van der Waals surface area contributed by atoms with Crippen molar-refractivity contribution in [1.29, 1.82) is 0 Å². The van der Waals surface area contributed by atoms with Crippen molar-refractivity contribution in [3.05, 3.63) is 35.9 Å². The maximum Gasteiger partial charge on any atom is 0.338 e. The molecule has 0 amide bonds. The minimum absolute atomic E-state index is 0.288. The predicted octanol–water partition coefficient (Wildman–Crippen LogP) is 4.07. The van der Waals surface area contributed by atoms with Gasteiger partial charge in [0, 0.05) is 10.6 Å². The Hall–Kier alpha value is -1.55. The first-order valence-corrected chi connectivity index (χ1v) is 7.16. The summed E-state index contributed by atoms with van der Waals surface area (Å²) in [6, 6.07) is 9.30. The second kappa shape index (κ2) is 5.61. The Bertz CT molecular complexity index is 610. The molecule has 1 N–H and O–H groups in total. The van der Waals surface area contributed by atoms with Gasteiger partial charge in [-0.05, 0) is 18.1 Å². The molecular weight excluding hydrogens is 258 g/mol. The highest BCUT2D eigenvalue weighted by Gasteiger charge is 2.17. The van der Waals surface area contributed by atoms with Crippen LogP contribution in [0, 0.1) is 5.92 Å². The summed E-state index contributed by atoms with van der Waals surface area (Å²) in [6.07, 6.45) is 0. The summed E-state index contributed by atoms with van der Waals surface area (Å²) < 4.78 is 0.